The lowest BCUT2D eigenvalue weighted by atomic mass is 10.1. The first-order valence-electron chi connectivity index (χ1n) is 7.63. The zero-order chi connectivity index (χ0) is 16.8. The third-order valence-electron chi connectivity index (χ3n) is 2.99. The van der Waals surface area contributed by atoms with E-state index in [0.29, 0.717) is 6.54 Å². The Morgan fingerprint density at radius 2 is 1.77 bits per heavy atom. The van der Waals surface area contributed by atoms with Crippen LogP contribution in [0.2, 0.25) is 0 Å². The molecule has 22 heavy (non-hydrogen) atoms. The highest BCUT2D eigenvalue weighted by Gasteiger charge is 2.17. The van der Waals surface area contributed by atoms with Crippen LogP contribution >= 0.6 is 0 Å². The predicted molar refractivity (Wildman–Crippen MR) is 86.4 cm³/mol. The van der Waals surface area contributed by atoms with Gasteiger partial charge in [-0.3, -0.25) is 0 Å². The predicted octanol–water partition coefficient (Wildman–Crippen LogP) is 3.26. The fraction of sp³-hybridized carbons (Fsp3) is 0.588. The summed E-state index contributed by atoms with van der Waals surface area (Å²) in [6, 6.07) is 6.70. The van der Waals surface area contributed by atoms with Crippen LogP contribution in [-0.4, -0.2) is 30.3 Å². The SMILES string of the molecule is CC(Cc1ccc(F)cc1)NCC(C)NC(=O)OC(C)(C)C. The second-order valence-corrected chi connectivity index (χ2v) is 6.69. The van der Waals surface area contributed by atoms with Gasteiger partial charge in [-0.15, -0.1) is 0 Å². The van der Waals surface area contributed by atoms with Crippen molar-refractivity contribution in [2.75, 3.05) is 6.54 Å². The number of carbonyl (C=O) groups is 1. The molecule has 0 aliphatic carbocycles. The third-order valence-corrected chi connectivity index (χ3v) is 2.99. The summed E-state index contributed by atoms with van der Waals surface area (Å²) in [6.07, 6.45) is 0.396. The summed E-state index contributed by atoms with van der Waals surface area (Å²) in [5.41, 5.74) is 0.585. The topological polar surface area (TPSA) is 50.4 Å². The van der Waals surface area contributed by atoms with Gasteiger partial charge in [-0.05, 0) is 58.7 Å². The zero-order valence-corrected chi connectivity index (χ0v) is 14.1. The number of hydrogen-bond acceptors (Lipinski definition) is 3. The van der Waals surface area contributed by atoms with Gasteiger partial charge in [0.2, 0.25) is 0 Å². The van der Waals surface area contributed by atoms with Crippen LogP contribution in [0.1, 0.15) is 40.2 Å². The van der Waals surface area contributed by atoms with Gasteiger partial charge in [0, 0.05) is 18.6 Å². The monoisotopic (exact) mass is 310 g/mol. The van der Waals surface area contributed by atoms with Gasteiger partial charge in [-0.1, -0.05) is 12.1 Å². The van der Waals surface area contributed by atoms with E-state index in [1.807, 2.05) is 27.7 Å². The number of ether oxygens (including phenoxy) is 1. The first-order valence-corrected chi connectivity index (χ1v) is 7.63. The van der Waals surface area contributed by atoms with Gasteiger partial charge in [0.05, 0.1) is 0 Å². The molecule has 5 heteroatoms. The van der Waals surface area contributed by atoms with E-state index in [2.05, 4.69) is 17.6 Å². The minimum atomic E-state index is -0.493. The molecule has 0 aliphatic rings. The maximum atomic E-state index is 12.8. The Bertz CT molecular complexity index is 469. The second kappa shape index (κ2) is 8.13. The number of halogens is 1. The first kappa shape index (κ1) is 18.4. The Kier molecular flexibility index (Phi) is 6.81. The number of rotatable bonds is 6. The normalized spacial score (nSPS) is 14.3. The lowest BCUT2D eigenvalue weighted by molar-refractivity contribution is 0.0507. The lowest BCUT2D eigenvalue weighted by Crippen LogP contribution is -2.44. The van der Waals surface area contributed by atoms with Crippen molar-refractivity contribution in [2.45, 2.75) is 58.7 Å². The largest absolute Gasteiger partial charge is 0.444 e. The van der Waals surface area contributed by atoms with Crippen LogP contribution in [0.15, 0.2) is 24.3 Å². The number of hydrogen-bond donors (Lipinski definition) is 2. The van der Waals surface area contributed by atoms with Gasteiger partial charge in [-0.25, -0.2) is 9.18 Å². The van der Waals surface area contributed by atoms with E-state index in [9.17, 15) is 9.18 Å². The van der Waals surface area contributed by atoms with Crippen LogP contribution in [0, 0.1) is 5.82 Å². The smallest absolute Gasteiger partial charge is 0.407 e. The molecule has 0 fully saturated rings. The van der Waals surface area contributed by atoms with Gasteiger partial charge < -0.3 is 15.4 Å². The van der Waals surface area contributed by atoms with Crippen molar-refractivity contribution >= 4 is 6.09 Å². The van der Waals surface area contributed by atoms with E-state index < -0.39 is 11.7 Å². The van der Waals surface area contributed by atoms with E-state index in [-0.39, 0.29) is 17.9 Å². The molecule has 0 saturated heterocycles. The van der Waals surface area contributed by atoms with Crippen LogP contribution in [-0.2, 0) is 11.2 Å². The van der Waals surface area contributed by atoms with Crippen LogP contribution in [0.5, 0.6) is 0 Å². The standard InChI is InChI=1S/C17H27FN2O2/c1-12(10-14-6-8-15(18)9-7-14)19-11-13(2)20-16(21)22-17(3,4)5/h6-9,12-13,19H,10-11H2,1-5H3,(H,20,21). The minimum Gasteiger partial charge on any atom is -0.444 e. The summed E-state index contributed by atoms with van der Waals surface area (Å²) >= 11 is 0. The van der Waals surface area contributed by atoms with Gasteiger partial charge in [0.25, 0.3) is 0 Å². The molecule has 4 nitrogen and oxygen atoms in total. The van der Waals surface area contributed by atoms with Crippen molar-refractivity contribution in [2.24, 2.45) is 0 Å². The fourth-order valence-electron chi connectivity index (χ4n) is 1.98. The summed E-state index contributed by atoms with van der Waals surface area (Å²) in [6.45, 7) is 10.1. The molecule has 0 radical (unpaired) electrons. The average Bonchev–Trinajstić information content (AvgIpc) is 2.37. The van der Waals surface area contributed by atoms with Crippen LogP contribution in [0.4, 0.5) is 9.18 Å². The molecule has 1 aromatic rings. The molecule has 0 aromatic heterocycles. The van der Waals surface area contributed by atoms with Crippen molar-refractivity contribution in [3.8, 4) is 0 Å². The summed E-state index contributed by atoms with van der Waals surface area (Å²) in [4.78, 5) is 11.6. The molecule has 0 spiro atoms. The molecule has 1 aromatic carbocycles. The quantitative estimate of drug-likeness (QED) is 0.848. The van der Waals surface area contributed by atoms with Gasteiger partial charge in [0.1, 0.15) is 11.4 Å². The molecule has 2 atom stereocenters. The Morgan fingerprint density at radius 3 is 2.32 bits per heavy atom. The van der Waals surface area contributed by atoms with Gasteiger partial charge in [-0.2, -0.15) is 0 Å². The Morgan fingerprint density at radius 1 is 1.18 bits per heavy atom. The minimum absolute atomic E-state index is 0.0366. The highest BCUT2D eigenvalue weighted by molar-refractivity contribution is 5.68. The third kappa shape index (κ3) is 7.98. The lowest BCUT2D eigenvalue weighted by Gasteiger charge is -2.23. The number of amides is 1. The van der Waals surface area contributed by atoms with Crippen molar-refractivity contribution in [3.05, 3.63) is 35.6 Å². The number of nitrogens with one attached hydrogen (secondary N) is 2. The molecule has 0 saturated carbocycles. The van der Waals surface area contributed by atoms with Crippen LogP contribution in [0.25, 0.3) is 0 Å². The number of alkyl carbamates (subject to hydrolysis) is 1. The van der Waals surface area contributed by atoms with Crippen LogP contribution in [0.3, 0.4) is 0 Å². The van der Waals surface area contributed by atoms with Crippen molar-refractivity contribution in [1.29, 1.82) is 0 Å². The molecular formula is C17H27FN2O2. The molecule has 0 heterocycles. The summed E-state index contributed by atoms with van der Waals surface area (Å²) in [7, 11) is 0. The molecule has 2 N–H and O–H groups in total. The molecule has 2 unspecified atom stereocenters. The molecule has 124 valence electrons. The maximum Gasteiger partial charge on any atom is 0.407 e. The Balaban J connectivity index is 2.29. The zero-order valence-electron chi connectivity index (χ0n) is 14.1. The second-order valence-electron chi connectivity index (χ2n) is 6.69. The highest BCUT2D eigenvalue weighted by atomic mass is 19.1. The Hall–Kier alpha value is -1.62. The molecule has 0 bridgehead atoms. The van der Waals surface area contributed by atoms with E-state index in [1.54, 1.807) is 12.1 Å². The number of benzene rings is 1. The van der Waals surface area contributed by atoms with Crippen molar-refractivity contribution < 1.29 is 13.9 Å². The van der Waals surface area contributed by atoms with E-state index in [1.165, 1.54) is 12.1 Å². The molecule has 1 rings (SSSR count). The molecular weight excluding hydrogens is 283 g/mol. The summed E-state index contributed by atoms with van der Waals surface area (Å²) < 4.78 is 18.1. The van der Waals surface area contributed by atoms with E-state index in [0.717, 1.165) is 12.0 Å². The number of carbonyl (C=O) groups excluding carboxylic acids is 1. The summed E-state index contributed by atoms with van der Waals surface area (Å²) in [5, 5.41) is 6.14. The first-order chi connectivity index (χ1) is 10.2. The van der Waals surface area contributed by atoms with E-state index >= 15 is 0 Å². The van der Waals surface area contributed by atoms with Crippen molar-refractivity contribution in [3.63, 3.8) is 0 Å². The summed E-state index contributed by atoms with van der Waals surface area (Å²) in [5.74, 6) is -0.223. The van der Waals surface area contributed by atoms with Crippen molar-refractivity contribution in [1.82, 2.24) is 10.6 Å². The average molecular weight is 310 g/mol. The molecule has 1 amide bonds. The van der Waals surface area contributed by atoms with E-state index in [4.69, 9.17) is 4.74 Å². The van der Waals surface area contributed by atoms with Crippen LogP contribution < -0.4 is 10.6 Å². The van der Waals surface area contributed by atoms with Gasteiger partial charge >= 0.3 is 6.09 Å². The maximum absolute atomic E-state index is 12.8. The molecule has 0 aliphatic heterocycles. The Labute approximate surface area is 132 Å². The van der Waals surface area contributed by atoms with Gasteiger partial charge in [0.15, 0.2) is 0 Å². The highest BCUT2D eigenvalue weighted by Crippen LogP contribution is 2.07. The fourth-order valence-corrected chi connectivity index (χ4v) is 1.98.